The Hall–Kier alpha value is -5.94. The number of carboxylic acid groups (broad SMARTS) is 2. The second-order valence-electron chi connectivity index (χ2n) is 12.1. The summed E-state index contributed by atoms with van der Waals surface area (Å²) in [5.41, 5.74) is 5.50. The summed E-state index contributed by atoms with van der Waals surface area (Å²) in [5.74, 6) is -4.31. The number of nitrogen functional groups attached to an aromatic ring is 1. The number of thioether (sulfide) groups is 1. The number of hydrogen-bond acceptors (Lipinski definition) is 12. The molecule has 0 aliphatic carbocycles. The fourth-order valence-electron chi connectivity index (χ4n) is 5.30. The van der Waals surface area contributed by atoms with Gasteiger partial charge in [-0.1, -0.05) is 41.6 Å². The molecule has 0 radical (unpaired) electrons. The number of amides is 2. The Labute approximate surface area is 298 Å². The van der Waals surface area contributed by atoms with Crippen molar-refractivity contribution in [3.05, 3.63) is 94.4 Å². The van der Waals surface area contributed by atoms with Crippen molar-refractivity contribution in [1.29, 1.82) is 0 Å². The molecule has 2 aliphatic rings. The molecule has 2 amide bonds. The summed E-state index contributed by atoms with van der Waals surface area (Å²) in [6.45, 7) is 2.98. The van der Waals surface area contributed by atoms with Crippen LogP contribution in [0.2, 0.25) is 0 Å². The van der Waals surface area contributed by atoms with Crippen LogP contribution >= 0.6 is 23.1 Å². The molecular formula is C34H31N6O9S2+. The molecule has 1 saturated heterocycles. The second kappa shape index (κ2) is 13.8. The number of oxime groups is 1. The molecule has 0 saturated carbocycles. The van der Waals surface area contributed by atoms with Gasteiger partial charge in [0.05, 0.1) is 5.39 Å². The number of thiazole rings is 1. The molecule has 51 heavy (non-hydrogen) atoms. The van der Waals surface area contributed by atoms with Gasteiger partial charge in [-0.2, -0.15) is 4.57 Å². The average molecular weight is 732 g/mol. The topological polar surface area (TPSA) is 229 Å². The van der Waals surface area contributed by atoms with Crippen LogP contribution in [0, 0.1) is 0 Å². The van der Waals surface area contributed by atoms with Crippen LogP contribution in [0.25, 0.3) is 16.8 Å². The van der Waals surface area contributed by atoms with Crippen molar-refractivity contribution in [2.45, 2.75) is 37.4 Å². The Bertz CT molecular complexity index is 2180. The molecule has 1 fully saturated rings. The number of phenolic OH excluding ortho intramolecular Hbond substituents is 2. The first kappa shape index (κ1) is 34.9. The highest BCUT2D eigenvalue weighted by Crippen LogP contribution is 2.41. The van der Waals surface area contributed by atoms with E-state index in [-0.39, 0.29) is 33.8 Å². The van der Waals surface area contributed by atoms with Crippen molar-refractivity contribution in [1.82, 2.24) is 15.2 Å². The number of aromatic hydroxyl groups is 2. The van der Waals surface area contributed by atoms with E-state index >= 15 is 0 Å². The molecule has 4 aromatic rings. The van der Waals surface area contributed by atoms with Gasteiger partial charge in [-0.3, -0.25) is 14.5 Å². The van der Waals surface area contributed by atoms with Crippen molar-refractivity contribution in [3.63, 3.8) is 0 Å². The zero-order chi connectivity index (χ0) is 36.6. The Morgan fingerprint density at radius 3 is 2.55 bits per heavy atom. The maximum atomic E-state index is 13.3. The van der Waals surface area contributed by atoms with Crippen molar-refractivity contribution in [2.24, 2.45) is 5.16 Å². The molecule has 7 N–H and O–H groups in total. The van der Waals surface area contributed by atoms with E-state index < -0.39 is 46.5 Å². The van der Waals surface area contributed by atoms with E-state index in [9.17, 15) is 39.6 Å². The van der Waals surface area contributed by atoms with Gasteiger partial charge in [0, 0.05) is 22.8 Å². The predicted octanol–water partition coefficient (Wildman–Crippen LogP) is 2.66. The maximum Gasteiger partial charge on any atom is 0.352 e. The van der Waals surface area contributed by atoms with Gasteiger partial charge < -0.3 is 36.3 Å². The number of nitrogens with two attached hydrogens (primary N) is 1. The molecule has 2 aromatic heterocycles. The molecule has 2 atom stereocenters. The lowest BCUT2D eigenvalue weighted by Crippen LogP contribution is -2.71. The number of carbonyl (C=O) groups is 4. The van der Waals surface area contributed by atoms with Gasteiger partial charge in [0.2, 0.25) is 5.60 Å². The standard InChI is InChI=1S/C34H30N6O9S2/c1-34(2,32(47)48)49-38-24(22-16-51-33(35)36-22)28(43)37-25-29(44)40-26(31(45)46)20(15-50-30(25)40)8-7-17-3-5-18(6-4-17)13-39-12-11-19-9-10-23(41)27(42)21(19)14-39/h3-12,14,16,25,30H,13,15H2,1-2H3,(H6,35,36,37,41,43,45,46,47,48)/p+1/b8-7+,38-24-. The van der Waals surface area contributed by atoms with Gasteiger partial charge in [-0.15, -0.1) is 23.1 Å². The number of allylic oxidation sites excluding steroid dienone is 1. The van der Waals surface area contributed by atoms with E-state index in [0.29, 0.717) is 17.5 Å². The lowest BCUT2D eigenvalue weighted by Gasteiger charge is -2.49. The molecule has 17 heteroatoms. The normalized spacial score (nSPS) is 17.7. The Morgan fingerprint density at radius 1 is 1.14 bits per heavy atom. The van der Waals surface area contributed by atoms with E-state index in [0.717, 1.165) is 32.7 Å². The highest BCUT2D eigenvalue weighted by molar-refractivity contribution is 8.00. The number of β-lactam (4-membered cyclic amide) rings is 1. The van der Waals surface area contributed by atoms with Gasteiger partial charge in [0.25, 0.3) is 11.8 Å². The summed E-state index contributed by atoms with van der Waals surface area (Å²) >= 11 is 2.29. The fraction of sp³-hybridized carbons (Fsp3) is 0.206. The minimum Gasteiger partial charge on any atom is -0.504 e. The SMILES string of the molecule is CC(C)(O/N=C(\C(=O)NC1C(=O)N2C(C(=O)O)=C(/C=C/c3ccc(C[n+]4ccc5ccc(O)c(O)c5c4)cc3)CSC12)c1csc(N)n1)C(=O)O. The number of benzene rings is 2. The molecule has 0 bridgehead atoms. The van der Waals surface area contributed by atoms with Gasteiger partial charge >= 0.3 is 11.9 Å². The van der Waals surface area contributed by atoms with E-state index in [1.807, 2.05) is 41.1 Å². The minimum absolute atomic E-state index is 0.0107. The zero-order valence-electron chi connectivity index (χ0n) is 27.0. The number of carboxylic acids is 2. The predicted molar refractivity (Wildman–Crippen MR) is 188 cm³/mol. The van der Waals surface area contributed by atoms with Crippen LogP contribution in [-0.4, -0.2) is 82.5 Å². The fourth-order valence-corrected chi connectivity index (χ4v) is 7.16. The number of hydrogen-bond donors (Lipinski definition) is 6. The minimum atomic E-state index is -1.78. The molecule has 2 aliphatic heterocycles. The number of phenols is 2. The first-order valence-electron chi connectivity index (χ1n) is 15.3. The molecule has 0 spiro atoms. The highest BCUT2D eigenvalue weighted by Gasteiger charge is 2.54. The quantitative estimate of drug-likeness (QED) is 0.0430. The molecule has 15 nitrogen and oxygen atoms in total. The Morgan fingerprint density at radius 2 is 1.88 bits per heavy atom. The highest BCUT2D eigenvalue weighted by atomic mass is 32.2. The van der Waals surface area contributed by atoms with Crippen molar-refractivity contribution < 1.29 is 49.0 Å². The van der Waals surface area contributed by atoms with Crippen LogP contribution in [-0.2, 0) is 30.6 Å². The molecular weight excluding hydrogens is 701 g/mol. The number of carbonyl (C=O) groups excluding carboxylic acids is 2. The summed E-state index contributed by atoms with van der Waals surface area (Å²) in [7, 11) is 0. The van der Waals surface area contributed by atoms with E-state index in [1.165, 1.54) is 37.1 Å². The van der Waals surface area contributed by atoms with Crippen LogP contribution in [0.1, 0.15) is 30.7 Å². The summed E-state index contributed by atoms with van der Waals surface area (Å²) in [6.07, 6.45) is 7.01. The summed E-state index contributed by atoms with van der Waals surface area (Å²) in [6, 6.07) is 11.5. The number of aromatic nitrogens is 2. The number of pyridine rings is 1. The number of nitrogens with one attached hydrogen (secondary N) is 1. The first-order valence-corrected chi connectivity index (χ1v) is 17.2. The lowest BCUT2D eigenvalue weighted by molar-refractivity contribution is -0.687. The monoisotopic (exact) mass is 731 g/mol. The van der Waals surface area contributed by atoms with Gasteiger partial charge in [0.1, 0.15) is 22.8 Å². The van der Waals surface area contributed by atoms with E-state index in [2.05, 4.69) is 15.5 Å². The first-order chi connectivity index (χ1) is 24.2. The third-order valence-electron chi connectivity index (χ3n) is 8.14. The second-order valence-corrected chi connectivity index (χ2v) is 14.1. The molecule has 4 heterocycles. The van der Waals surface area contributed by atoms with E-state index in [4.69, 9.17) is 10.6 Å². The third kappa shape index (κ3) is 7.06. The zero-order valence-corrected chi connectivity index (χ0v) is 28.6. The number of fused-ring (bicyclic) bond motifs is 2. The molecule has 262 valence electrons. The molecule has 2 aromatic carbocycles. The summed E-state index contributed by atoms with van der Waals surface area (Å²) in [4.78, 5) is 60.8. The number of nitrogens with zero attached hydrogens (tertiary/aromatic N) is 4. The molecule has 2 unspecified atom stereocenters. The number of aliphatic carboxylic acids is 2. The Balaban J connectivity index is 1.15. The van der Waals surface area contributed by atoms with Crippen LogP contribution in [0.4, 0.5) is 5.13 Å². The number of rotatable bonds is 11. The van der Waals surface area contributed by atoms with Crippen LogP contribution in [0.3, 0.4) is 0 Å². The van der Waals surface area contributed by atoms with Crippen molar-refractivity contribution >= 4 is 74.5 Å². The maximum absolute atomic E-state index is 13.3. The van der Waals surface area contributed by atoms with Crippen molar-refractivity contribution in [3.8, 4) is 11.5 Å². The number of anilines is 1. The van der Waals surface area contributed by atoms with E-state index in [1.54, 1.807) is 24.4 Å². The van der Waals surface area contributed by atoms with Gasteiger partial charge in [-0.05, 0) is 42.5 Å². The van der Waals surface area contributed by atoms with Gasteiger partial charge in [0.15, 0.2) is 41.3 Å². The summed E-state index contributed by atoms with van der Waals surface area (Å²) < 4.78 is 1.88. The van der Waals surface area contributed by atoms with Crippen molar-refractivity contribution in [2.75, 3.05) is 11.5 Å². The summed E-state index contributed by atoms with van der Waals surface area (Å²) in [5, 5.41) is 48.0. The Kier molecular flexibility index (Phi) is 9.42. The smallest absolute Gasteiger partial charge is 0.352 e. The van der Waals surface area contributed by atoms with Crippen LogP contribution in [0.5, 0.6) is 11.5 Å². The van der Waals surface area contributed by atoms with Crippen LogP contribution < -0.4 is 15.6 Å². The lowest BCUT2D eigenvalue weighted by atomic mass is 10.0. The van der Waals surface area contributed by atoms with Crippen LogP contribution in [0.15, 0.2) is 82.7 Å². The average Bonchev–Trinajstić information content (AvgIpc) is 3.53. The third-order valence-corrected chi connectivity index (χ3v) is 10.1. The van der Waals surface area contributed by atoms with Gasteiger partial charge in [-0.25, -0.2) is 14.6 Å². The largest absolute Gasteiger partial charge is 0.504 e. The molecule has 6 rings (SSSR count).